The summed E-state index contributed by atoms with van der Waals surface area (Å²) in [4.78, 5) is 15.6. The van der Waals surface area contributed by atoms with Crippen LogP contribution in [0.15, 0.2) is 53.9 Å². The van der Waals surface area contributed by atoms with Gasteiger partial charge in [0.1, 0.15) is 0 Å². The Morgan fingerprint density at radius 2 is 1.95 bits per heavy atom. The minimum absolute atomic E-state index is 0.273. The van der Waals surface area contributed by atoms with Crippen LogP contribution in [0.3, 0.4) is 0 Å². The van der Waals surface area contributed by atoms with Crippen molar-refractivity contribution in [1.82, 2.24) is 10.4 Å². The van der Waals surface area contributed by atoms with Crippen molar-refractivity contribution in [3.8, 4) is 0 Å². The Kier molecular flexibility index (Phi) is 3.87. The zero-order chi connectivity index (χ0) is 13.7. The van der Waals surface area contributed by atoms with Gasteiger partial charge in [-0.1, -0.05) is 12.1 Å². The van der Waals surface area contributed by atoms with Crippen LogP contribution in [-0.4, -0.2) is 16.6 Å². The summed E-state index contributed by atoms with van der Waals surface area (Å²) in [5, 5.41) is 4.05. The van der Waals surface area contributed by atoms with Crippen LogP contribution in [0.4, 0.5) is 5.69 Å². The first-order chi connectivity index (χ1) is 9.16. The van der Waals surface area contributed by atoms with Gasteiger partial charge in [-0.15, -0.1) is 0 Å². The predicted octanol–water partition coefficient (Wildman–Crippen LogP) is 1.82. The van der Waals surface area contributed by atoms with E-state index in [9.17, 15) is 4.79 Å². The van der Waals surface area contributed by atoms with Crippen LogP contribution in [0, 0.1) is 0 Å². The number of hydrogen-bond donors (Lipinski definition) is 2. The molecule has 3 N–H and O–H groups in total. The molecule has 5 heteroatoms. The van der Waals surface area contributed by atoms with E-state index < -0.39 is 0 Å². The first-order valence-electron chi connectivity index (χ1n) is 5.77. The largest absolute Gasteiger partial charge is 0.399 e. The number of nitrogens with zero attached hydrogens (tertiary/aromatic N) is 2. The number of nitrogen functional groups attached to an aromatic ring is 1. The van der Waals surface area contributed by atoms with Crippen molar-refractivity contribution in [2.24, 2.45) is 5.10 Å². The van der Waals surface area contributed by atoms with Gasteiger partial charge in [0.15, 0.2) is 0 Å². The van der Waals surface area contributed by atoms with E-state index in [0.29, 0.717) is 17.0 Å². The zero-order valence-electron chi connectivity index (χ0n) is 10.5. The molecule has 19 heavy (non-hydrogen) atoms. The van der Waals surface area contributed by atoms with Crippen molar-refractivity contribution in [2.75, 3.05) is 5.73 Å². The smallest absolute Gasteiger partial charge is 0.271 e. The summed E-state index contributed by atoms with van der Waals surface area (Å²) in [6.07, 6.45) is 3.12. The molecule has 0 saturated heterocycles. The minimum atomic E-state index is -0.273. The summed E-state index contributed by atoms with van der Waals surface area (Å²) in [6, 6.07) is 10.6. The number of benzene rings is 1. The molecule has 0 unspecified atom stereocenters. The highest BCUT2D eigenvalue weighted by Gasteiger charge is 2.04. The van der Waals surface area contributed by atoms with Gasteiger partial charge in [0.05, 0.1) is 5.71 Å². The summed E-state index contributed by atoms with van der Waals surface area (Å²) in [7, 11) is 0. The molecule has 1 heterocycles. The zero-order valence-corrected chi connectivity index (χ0v) is 10.5. The fourth-order valence-electron chi connectivity index (χ4n) is 1.53. The van der Waals surface area contributed by atoms with Gasteiger partial charge in [0.2, 0.25) is 0 Å². The number of carbonyl (C=O) groups excluding carboxylic acids is 1. The van der Waals surface area contributed by atoms with E-state index in [1.165, 1.54) is 0 Å². The second-order valence-electron chi connectivity index (χ2n) is 4.00. The predicted molar refractivity (Wildman–Crippen MR) is 74.8 cm³/mol. The highest BCUT2D eigenvalue weighted by atomic mass is 16.2. The Morgan fingerprint density at radius 3 is 2.63 bits per heavy atom. The number of rotatable bonds is 3. The summed E-state index contributed by atoms with van der Waals surface area (Å²) < 4.78 is 0. The summed E-state index contributed by atoms with van der Waals surface area (Å²) in [5.74, 6) is -0.273. The molecule has 0 atom stereocenters. The number of amides is 1. The quantitative estimate of drug-likeness (QED) is 0.498. The van der Waals surface area contributed by atoms with Crippen LogP contribution in [0.25, 0.3) is 0 Å². The highest BCUT2D eigenvalue weighted by Crippen LogP contribution is 2.07. The van der Waals surface area contributed by atoms with Crippen molar-refractivity contribution >= 4 is 17.3 Å². The number of carbonyl (C=O) groups is 1. The summed E-state index contributed by atoms with van der Waals surface area (Å²) in [5.41, 5.74) is 10.9. The minimum Gasteiger partial charge on any atom is -0.399 e. The van der Waals surface area contributed by atoms with Crippen LogP contribution < -0.4 is 11.2 Å². The maximum atomic E-state index is 11.8. The molecule has 1 aromatic carbocycles. The summed E-state index contributed by atoms with van der Waals surface area (Å²) in [6.45, 7) is 1.81. The molecule has 0 aliphatic heterocycles. The third kappa shape index (κ3) is 3.38. The van der Waals surface area contributed by atoms with Crippen molar-refractivity contribution < 1.29 is 4.79 Å². The van der Waals surface area contributed by atoms with Crippen LogP contribution >= 0.6 is 0 Å². The molecule has 2 rings (SSSR count). The molecule has 0 radical (unpaired) electrons. The Labute approximate surface area is 111 Å². The topological polar surface area (TPSA) is 80.4 Å². The van der Waals surface area contributed by atoms with Gasteiger partial charge in [-0.25, -0.2) is 5.43 Å². The van der Waals surface area contributed by atoms with Crippen LogP contribution in [0.2, 0.25) is 0 Å². The fraction of sp³-hybridized carbons (Fsp3) is 0.0714. The van der Waals surface area contributed by atoms with E-state index in [2.05, 4.69) is 15.5 Å². The van der Waals surface area contributed by atoms with E-state index in [-0.39, 0.29) is 5.91 Å². The fourth-order valence-corrected chi connectivity index (χ4v) is 1.53. The molecule has 5 nitrogen and oxygen atoms in total. The average molecular weight is 254 g/mol. The van der Waals surface area contributed by atoms with E-state index in [1.807, 2.05) is 19.1 Å². The molecule has 2 aromatic rings. The maximum Gasteiger partial charge on any atom is 0.271 e. The lowest BCUT2D eigenvalue weighted by molar-refractivity contribution is 0.0954. The van der Waals surface area contributed by atoms with Crippen molar-refractivity contribution in [1.29, 1.82) is 0 Å². The Hall–Kier alpha value is -2.69. The lowest BCUT2D eigenvalue weighted by Gasteiger charge is -2.03. The average Bonchev–Trinajstić information content (AvgIpc) is 2.45. The van der Waals surface area contributed by atoms with Gasteiger partial charge in [-0.2, -0.15) is 5.10 Å². The van der Waals surface area contributed by atoms with Crippen LogP contribution in [0.5, 0.6) is 0 Å². The van der Waals surface area contributed by atoms with E-state index in [0.717, 1.165) is 5.56 Å². The lowest BCUT2D eigenvalue weighted by atomic mass is 10.1. The molecular formula is C14H14N4O. The van der Waals surface area contributed by atoms with Crippen molar-refractivity contribution in [3.05, 3.63) is 59.9 Å². The number of hydrogen-bond acceptors (Lipinski definition) is 4. The van der Waals surface area contributed by atoms with Gasteiger partial charge >= 0.3 is 0 Å². The maximum absolute atomic E-state index is 11.8. The third-order valence-electron chi connectivity index (χ3n) is 2.57. The molecule has 0 bridgehead atoms. The second-order valence-corrected chi connectivity index (χ2v) is 4.00. The molecule has 0 aliphatic rings. The molecule has 1 aromatic heterocycles. The number of hydrazone groups is 1. The second kappa shape index (κ2) is 5.77. The molecule has 0 spiro atoms. The Morgan fingerprint density at radius 1 is 1.21 bits per heavy atom. The normalized spacial score (nSPS) is 11.1. The van der Waals surface area contributed by atoms with Gasteiger partial charge < -0.3 is 5.73 Å². The first kappa shape index (κ1) is 12.8. The standard InChI is InChI=1S/C14H14N4O/c1-10(12-3-2-4-13(15)9-12)17-18-14(19)11-5-7-16-8-6-11/h2-9H,15H2,1H3,(H,18,19)/b17-10-. The van der Waals surface area contributed by atoms with Gasteiger partial charge in [-0.3, -0.25) is 9.78 Å². The van der Waals surface area contributed by atoms with E-state index in [1.54, 1.807) is 36.7 Å². The Balaban J connectivity index is 2.09. The van der Waals surface area contributed by atoms with Crippen LogP contribution in [0.1, 0.15) is 22.8 Å². The number of nitrogens with one attached hydrogen (secondary N) is 1. The first-order valence-corrected chi connectivity index (χ1v) is 5.77. The van der Waals surface area contributed by atoms with Gasteiger partial charge in [0.25, 0.3) is 5.91 Å². The van der Waals surface area contributed by atoms with Gasteiger partial charge in [-0.05, 0) is 36.8 Å². The molecule has 0 fully saturated rings. The number of nitrogens with two attached hydrogens (primary N) is 1. The van der Waals surface area contributed by atoms with E-state index >= 15 is 0 Å². The summed E-state index contributed by atoms with van der Waals surface area (Å²) >= 11 is 0. The number of aromatic nitrogens is 1. The SMILES string of the molecule is C/C(=N/NC(=O)c1ccncc1)c1cccc(N)c1. The molecule has 1 amide bonds. The molecule has 0 saturated carbocycles. The lowest BCUT2D eigenvalue weighted by Crippen LogP contribution is -2.19. The van der Waals surface area contributed by atoms with Crippen molar-refractivity contribution in [3.63, 3.8) is 0 Å². The van der Waals surface area contributed by atoms with Crippen LogP contribution in [-0.2, 0) is 0 Å². The number of anilines is 1. The highest BCUT2D eigenvalue weighted by molar-refractivity contribution is 6.01. The van der Waals surface area contributed by atoms with Crippen molar-refractivity contribution in [2.45, 2.75) is 6.92 Å². The van der Waals surface area contributed by atoms with E-state index in [4.69, 9.17) is 5.73 Å². The molecule has 0 aliphatic carbocycles. The Bertz CT molecular complexity index is 608. The van der Waals surface area contributed by atoms with Gasteiger partial charge in [0, 0.05) is 23.6 Å². The number of pyridine rings is 1. The molecule has 96 valence electrons. The molecular weight excluding hydrogens is 240 g/mol. The third-order valence-corrected chi connectivity index (χ3v) is 2.57. The monoisotopic (exact) mass is 254 g/mol.